The fraction of sp³-hybridized carbons (Fsp3) is 1.00. The number of rotatable bonds is 12. The van der Waals surface area contributed by atoms with Gasteiger partial charge in [-0.15, -0.1) is 0 Å². The number of aliphatic hydroxyl groups excluding tert-OH is 1. The zero-order valence-corrected chi connectivity index (χ0v) is 11.0. The molecule has 98 valence electrons. The largest absolute Gasteiger partial charge is 0.389 e. The highest BCUT2D eigenvalue weighted by molar-refractivity contribution is 4.57. The smallest absolute Gasteiger partial charge is 0.0897 e. The summed E-state index contributed by atoms with van der Waals surface area (Å²) in [5, 5.41) is 12.7. The fourth-order valence-electron chi connectivity index (χ4n) is 1.53. The van der Waals surface area contributed by atoms with Gasteiger partial charge in [0, 0.05) is 13.2 Å². The molecule has 0 bridgehead atoms. The fourth-order valence-corrected chi connectivity index (χ4v) is 1.53. The van der Waals surface area contributed by atoms with Gasteiger partial charge in [-0.2, -0.15) is 0 Å². The second kappa shape index (κ2) is 12.9. The number of nitrogens with one attached hydrogen (secondary N) is 1. The van der Waals surface area contributed by atoms with Crippen LogP contribution in [0.2, 0.25) is 0 Å². The molecule has 0 aromatic rings. The van der Waals surface area contributed by atoms with E-state index in [4.69, 9.17) is 4.74 Å². The van der Waals surface area contributed by atoms with Crippen molar-refractivity contribution in [2.24, 2.45) is 0 Å². The molecule has 1 unspecified atom stereocenters. The summed E-state index contributed by atoms with van der Waals surface area (Å²) in [6.07, 6.45) is 7.02. The van der Waals surface area contributed by atoms with Crippen LogP contribution in [-0.2, 0) is 4.74 Å². The van der Waals surface area contributed by atoms with Crippen molar-refractivity contribution in [2.75, 3.05) is 26.3 Å². The number of hydrogen-bond acceptors (Lipinski definition) is 3. The molecular weight excluding hydrogens is 202 g/mol. The van der Waals surface area contributed by atoms with Crippen molar-refractivity contribution in [2.45, 2.75) is 58.5 Å². The maximum absolute atomic E-state index is 9.53. The van der Waals surface area contributed by atoms with Crippen molar-refractivity contribution in [3.05, 3.63) is 0 Å². The third kappa shape index (κ3) is 12.0. The molecule has 3 heteroatoms. The van der Waals surface area contributed by atoms with Gasteiger partial charge in [0.1, 0.15) is 0 Å². The Bertz CT molecular complexity index is 131. The first-order chi connectivity index (χ1) is 7.81. The molecular formula is C13H29NO2. The molecule has 0 spiro atoms. The molecule has 0 saturated carbocycles. The second-order valence-electron chi connectivity index (χ2n) is 4.35. The van der Waals surface area contributed by atoms with Crippen molar-refractivity contribution < 1.29 is 9.84 Å². The summed E-state index contributed by atoms with van der Waals surface area (Å²) in [6.45, 7) is 7.19. The van der Waals surface area contributed by atoms with Gasteiger partial charge in [-0.1, -0.05) is 39.5 Å². The lowest BCUT2D eigenvalue weighted by Crippen LogP contribution is -2.30. The van der Waals surface area contributed by atoms with E-state index in [2.05, 4.69) is 19.2 Å². The summed E-state index contributed by atoms with van der Waals surface area (Å²) in [7, 11) is 0. The van der Waals surface area contributed by atoms with Crippen molar-refractivity contribution >= 4 is 0 Å². The van der Waals surface area contributed by atoms with Gasteiger partial charge in [-0.3, -0.25) is 0 Å². The Morgan fingerprint density at radius 3 is 2.50 bits per heavy atom. The molecule has 0 fully saturated rings. The molecule has 0 aliphatic carbocycles. The average Bonchev–Trinajstić information content (AvgIpc) is 2.28. The highest BCUT2D eigenvalue weighted by Crippen LogP contribution is 2.02. The van der Waals surface area contributed by atoms with Crippen molar-refractivity contribution in [1.82, 2.24) is 5.32 Å². The summed E-state index contributed by atoms with van der Waals surface area (Å²) >= 11 is 0. The third-order valence-corrected chi connectivity index (χ3v) is 2.51. The number of unbranched alkanes of at least 4 members (excludes halogenated alkanes) is 4. The van der Waals surface area contributed by atoms with Crippen LogP contribution in [0.5, 0.6) is 0 Å². The zero-order chi connectivity index (χ0) is 12.1. The van der Waals surface area contributed by atoms with E-state index < -0.39 is 0 Å². The Balaban J connectivity index is 3.06. The lowest BCUT2D eigenvalue weighted by atomic mass is 10.2. The van der Waals surface area contributed by atoms with E-state index in [1.54, 1.807) is 0 Å². The third-order valence-electron chi connectivity index (χ3n) is 2.51. The van der Waals surface area contributed by atoms with Crippen molar-refractivity contribution in [3.8, 4) is 0 Å². The number of hydrogen-bond donors (Lipinski definition) is 2. The molecule has 0 aliphatic rings. The van der Waals surface area contributed by atoms with Gasteiger partial charge in [-0.05, 0) is 19.4 Å². The van der Waals surface area contributed by atoms with Crippen LogP contribution in [0.15, 0.2) is 0 Å². The van der Waals surface area contributed by atoms with E-state index in [1.807, 2.05) is 0 Å². The van der Waals surface area contributed by atoms with Crippen LogP contribution in [-0.4, -0.2) is 37.5 Å². The highest BCUT2D eigenvalue weighted by atomic mass is 16.5. The van der Waals surface area contributed by atoms with E-state index in [-0.39, 0.29) is 6.10 Å². The first-order valence-electron chi connectivity index (χ1n) is 6.77. The zero-order valence-electron chi connectivity index (χ0n) is 11.0. The lowest BCUT2D eigenvalue weighted by Gasteiger charge is -2.11. The van der Waals surface area contributed by atoms with Crippen LogP contribution in [0, 0.1) is 0 Å². The Morgan fingerprint density at radius 2 is 1.81 bits per heavy atom. The molecule has 0 saturated heterocycles. The minimum Gasteiger partial charge on any atom is -0.389 e. The molecule has 16 heavy (non-hydrogen) atoms. The molecule has 0 heterocycles. The van der Waals surface area contributed by atoms with Gasteiger partial charge in [0.15, 0.2) is 0 Å². The summed E-state index contributed by atoms with van der Waals surface area (Å²) in [5.74, 6) is 0. The highest BCUT2D eigenvalue weighted by Gasteiger charge is 2.02. The van der Waals surface area contributed by atoms with Gasteiger partial charge in [0.25, 0.3) is 0 Å². The standard InChI is InChI=1S/C13H29NO2/c1-3-5-6-7-8-10-16-12-13(15)11-14-9-4-2/h13-15H,3-12H2,1-2H3. The monoisotopic (exact) mass is 231 g/mol. The molecule has 1 atom stereocenters. The predicted molar refractivity (Wildman–Crippen MR) is 68.7 cm³/mol. The average molecular weight is 231 g/mol. The lowest BCUT2D eigenvalue weighted by molar-refractivity contribution is 0.0355. The minimum atomic E-state index is -0.359. The maximum Gasteiger partial charge on any atom is 0.0897 e. The number of aliphatic hydroxyl groups is 1. The van der Waals surface area contributed by atoms with Crippen molar-refractivity contribution in [3.63, 3.8) is 0 Å². The molecule has 0 aliphatic heterocycles. The van der Waals surface area contributed by atoms with Crippen LogP contribution in [0.3, 0.4) is 0 Å². The van der Waals surface area contributed by atoms with E-state index in [0.29, 0.717) is 13.2 Å². The first kappa shape index (κ1) is 15.9. The minimum absolute atomic E-state index is 0.359. The quantitative estimate of drug-likeness (QED) is 0.507. The van der Waals surface area contributed by atoms with E-state index in [0.717, 1.165) is 26.0 Å². The van der Waals surface area contributed by atoms with Gasteiger partial charge in [-0.25, -0.2) is 0 Å². The predicted octanol–water partition coefficient (Wildman–Crippen LogP) is 2.33. The molecule has 0 aromatic carbocycles. The van der Waals surface area contributed by atoms with Crippen LogP contribution < -0.4 is 5.32 Å². The van der Waals surface area contributed by atoms with Crippen LogP contribution in [0.25, 0.3) is 0 Å². The van der Waals surface area contributed by atoms with Gasteiger partial charge >= 0.3 is 0 Å². The molecule has 2 N–H and O–H groups in total. The van der Waals surface area contributed by atoms with Crippen LogP contribution in [0.4, 0.5) is 0 Å². The Hall–Kier alpha value is -0.120. The van der Waals surface area contributed by atoms with Gasteiger partial charge in [0.05, 0.1) is 12.7 Å². The summed E-state index contributed by atoms with van der Waals surface area (Å²) in [5.41, 5.74) is 0. The topological polar surface area (TPSA) is 41.5 Å². The van der Waals surface area contributed by atoms with Crippen LogP contribution >= 0.6 is 0 Å². The van der Waals surface area contributed by atoms with E-state index >= 15 is 0 Å². The Labute approximate surface area is 101 Å². The molecule has 0 rings (SSSR count). The summed E-state index contributed by atoms with van der Waals surface area (Å²) in [6, 6.07) is 0. The maximum atomic E-state index is 9.53. The number of ether oxygens (including phenoxy) is 1. The Kier molecular flexibility index (Phi) is 12.9. The summed E-state index contributed by atoms with van der Waals surface area (Å²) < 4.78 is 5.42. The summed E-state index contributed by atoms with van der Waals surface area (Å²) in [4.78, 5) is 0. The van der Waals surface area contributed by atoms with E-state index in [9.17, 15) is 5.11 Å². The molecule has 0 aromatic heterocycles. The van der Waals surface area contributed by atoms with Crippen molar-refractivity contribution in [1.29, 1.82) is 0 Å². The molecule has 0 radical (unpaired) electrons. The SMILES string of the molecule is CCCCCCCOCC(O)CNCCC. The molecule has 0 amide bonds. The molecule has 3 nitrogen and oxygen atoms in total. The van der Waals surface area contributed by atoms with Crippen LogP contribution in [0.1, 0.15) is 52.4 Å². The second-order valence-corrected chi connectivity index (χ2v) is 4.35. The van der Waals surface area contributed by atoms with Gasteiger partial charge < -0.3 is 15.2 Å². The van der Waals surface area contributed by atoms with E-state index in [1.165, 1.54) is 25.7 Å². The normalized spacial score (nSPS) is 12.9. The Morgan fingerprint density at radius 1 is 1.06 bits per heavy atom. The van der Waals surface area contributed by atoms with Gasteiger partial charge in [0.2, 0.25) is 0 Å². The first-order valence-corrected chi connectivity index (χ1v) is 6.77.